The van der Waals surface area contributed by atoms with E-state index in [0.717, 1.165) is 22.4 Å². The van der Waals surface area contributed by atoms with E-state index < -0.39 is 5.60 Å². The number of carbonyl (C=O) groups excluding carboxylic acids is 1. The third-order valence-corrected chi connectivity index (χ3v) is 6.88. The summed E-state index contributed by atoms with van der Waals surface area (Å²) in [6, 6.07) is 19.6. The quantitative estimate of drug-likeness (QED) is 0.461. The molecule has 2 heterocycles. The normalized spacial score (nSPS) is 21.6. The molecule has 0 bridgehead atoms. The smallest absolute Gasteiger partial charge is 0.340 e. The van der Waals surface area contributed by atoms with Gasteiger partial charge in [-0.1, -0.05) is 49.1 Å². The summed E-state index contributed by atoms with van der Waals surface area (Å²) in [6.07, 6.45) is 6.23. The van der Waals surface area contributed by atoms with Crippen LogP contribution in [0.3, 0.4) is 0 Å². The largest absolute Gasteiger partial charge is 0.456 e. The molecule has 1 unspecified atom stereocenters. The van der Waals surface area contributed by atoms with Gasteiger partial charge in [-0.05, 0) is 49.2 Å². The van der Waals surface area contributed by atoms with Gasteiger partial charge >= 0.3 is 5.97 Å². The second kappa shape index (κ2) is 7.03. The van der Waals surface area contributed by atoms with Crippen molar-refractivity contribution in [3.8, 4) is 11.5 Å². The van der Waals surface area contributed by atoms with Crippen LogP contribution in [0.5, 0.6) is 11.5 Å². The summed E-state index contributed by atoms with van der Waals surface area (Å²) < 4.78 is 12.5. The maximum absolute atomic E-state index is 12.9. The third kappa shape index (κ3) is 2.85. The molecular formula is C26H22ClNO3. The molecule has 0 saturated heterocycles. The van der Waals surface area contributed by atoms with E-state index in [1.54, 1.807) is 6.07 Å². The highest BCUT2D eigenvalue weighted by molar-refractivity contribution is 6.30. The molecule has 4 nitrogen and oxygen atoms in total. The van der Waals surface area contributed by atoms with Gasteiger partial charge in [0, 0.05) is 39.5 Å². The molecule has 1 N–H and O–H groups in total. The summed E-state index contributed by atoms with van der Waals surface area (Å²) in [5, 5.41) is 4.23. The minimum atomic E-state index is -1.06. The number of ether oxygens (including phenoxy) is 2. The van der Waals surface area contributed by atoms with Crippen molar-refractivity contribution < 1.29 is 14.3 Å². The molecule has 1 spiro atoms. The van der Waals surface area contributed by atoms with E-state index in [4.69, 9.17) is 21.1 Å². The van der Waals surface area contributed by atoms with Gasteiger partial charge in [0.15, 0.2) is 5.60 Å². The Kier molecular flexibility index (Phi) is 4.25. The van der Waals surface area contributed by atoms with Crippen molar-refractivity contribution in [2.45, 2.75) is 43.7 Å². The zero-order valence-electron chi connectivity index (χ0n) is 17.0. The number of nitrogens with one attached hydrogen (secondary N) is 1. The molecule has 1 fully saturated rings. The van der Waals surface area contributed by atoms with E-state index in [0.29, 0.717) is 28.1 Å². The number of benzene rings is 3. The first-order valence-corrected chi connectivity index (χ1v) is 11.2. The van der Waals surface area contributed by atoms with Crippen LogP contribution < -0.4 is 10.1 Å². The van der Waals surface area contributed by atoms with Crippen molar-refractivity contribution >= 4 is 23.3 Å². The van der Waals surface area contributed by atoms with Crippen LogP contribution in [0.15, 0.2) is 60.7 Å². The second-order valence-corrected chi connectivity index (χ2v) is 8.99. The molecule has 1 aliphatic carbocycles. The van der Waals surface area contributed by atoms with E-state index in [1.165, 1.54) is 32.1 Å². The molecule has 0 aromatic heterocycles. The third-order valence-electron chi connectivity index (χ3n) is 6.65. The van der Waals surface area contributed by atoms with Crippen LogP contribution in [0.1, 0.15) is 59.2 Å². The lowest BCUT2D eigenvalue weighted by Gasteiger charge is -2.37. The van der Waals surface area contributed by atoms with E-state index in [1.807, 2.05) is 48.5 Å². The van der Waals surface area contributed by atoms with Crippen LogP contribution in [0, 0.1) is 0 Å². The monoisotopic (exact) mass is 431 g/mol. The number of hydrogen-bond acceptors (Lipinski definition) is 4. The van der Waals surface area contributed by atoms with Gasteiger partial charge in [-0.2, -0.15) is 0 Å². The van der Waals surface area contributed by atoms with Crippen molar-refractivity contribution in [3.05, 3.63) is 87.9 Å². The number of fused-ring (bicyclic) bond motifs is 6. The molecule has 0 amide bonds. The molecule has 156 valence electrons. The number of rotatable bonds is 2. The summed E-state index contributed by atoms with van der Waals surface area (Å²) in [4.78, 5) is 12.9. The first kappa shape index (κ1) is 18.8. The molecule has 3 aromatic carbocycles. The summed E-state index contributed by atoms with van der Waals surface area (Å²) in [7, 11) is 0. The number of hydrogen-bond donors (Lipinski definition) is 1. The van der Waals surface area contributed by atoms with Crippen LogP contribution in [-0.4, -0.2) is 12.0 Å². The Balaban J connectivity index is 1.52. The average Bonchev–Trinajstić information content (AvgIpc) is 3.08. The Labute approximate surface area is 186 Å². The molecule has 0 radical (unpaired) electrons. The van der Waals surface area contributed by atoms with Crippen LogP contribution in [0.4, 0.5) is 5.69 Å². The number of anilines is 1. The van der Waals surface area contributed by atoms with Gasteiger partial charge in [-0.15, -0.1) is 0 Å². The van der Waals surface area contributed by atoms with Gasteiger partial charge in [-0.3, -0.25) is 0 Å². The maximum atomic E-state index is 12.9. The Bertz CT molecular complexity index is 1200. The minimum Gasteiger partial charge on any atom is -0.456 e. The van der Waals surface area contributed by atoms with E-state index in [2.05, 4.69) is 11.4 Å². The Hall–Kier alpha value is -2.98. The molecule has 3 aliphatic rings. The SMILES string of the molecule is O=C1OC2(c3ccc(NC4CCCCC4)cc3Oc3ccc(Cl)cc32)c2ccccc21. The zero-order chi connectivity index (χ0) is 21.0. The molecular weight excluding hydrogens is 410 g/mol. The number of esters is 1. The fourth-order valence-corrected chi connectivity index (χ4v) is 5.39. The van der Waals surface area contributed by atoms with Crippen LogP contribution >= 0.6 is 11.6 Å². The molecule has 3 aromatic rings. The molecule has 6 rings (SSSR count). The van der Waals surface area contributed by atoms with Gasteiger partial charge in [0.2, 0.25) is 0 Å². The predicted molar refractivity (Wildman–Crippen MR) is 120 cm³/mol. The van der Waals surface area contributed by atoms with Gasteiger partial charge in [-0.25, -0.2) is 4.79 Å². The summed E-state index contributed by atoms with van der Waals surface area (Å²) in [6.45, 7) is 0. The van der Waals surface area contributed by atoms with Gasteiger partial charge in [0.25, 0.3) is 0 Å². The van der Waals surface area contributed by atoms with E-state index >= 15 is 0 Å². The lowest BCUT2D eigenvalue weighted by atomic mass is 9.77. The Morgan fingerprint density at radius 3 is 2.58 bits per heavy atom. The molecule has 1 atom stereocenters. The molecule has 1 saturated carbocycles. The molecule has 31 heavy (non-hydrogen) atoms. The topological polar surface area (TPSA) is 47.6 Å². The Morgan fingerprint density at radius 2 is 1.71 bits per heavy atom. The molecule has 2 aliphatic heterocycles. The fourth-order valence-electron chi connectivity index (χ4n) is 5.22. The lowest BCUT2D eigenvalue weighted by Crippen LogP contribution is -2.33. The van der Waals surface area contributed by atoms with Crippen molar-refractivity contribution in [2.75, 3.05) is 5.32 Å². The first-order valence-electron chi connectivity index (χ1n) is 10.9. The molecule has 5 heteroatoms. The number of carbonyl (C=O) groups is 1. The Morgan fingerprint density at radius 1 is 0.871 bits per heavy atom. The van der Waals surface area contributed by atoms with Crippen LogP contribution in [0.2, 0.25) is 5.02 Å². The summed E-state index contributed by atoms with van der Waals surface area (Å²) in [5.41, 5.74) is 2.92. The van der Waals surface area contributed by atoms with E-state index in [9.17, 15) is 4.79 Å². The van der Waals surface area contributed by atoms with E-state index in [-0.39, 0.29) is 5.97 Å². The zero-order valence-corrected chi connectivity index (χ0v) is 17.7. The first-order chi connectivity index (χ1) is 15.1. The summed E-state index contributed by atoms with van der Waals surface area (Å²) in [5.74, 6) is 1.01. The highest BCUT2D eigenvalue weighted by Crippen LogP contribution is 2.56. The van der Waals surface area contributed by atoms with Crippen molar-refractivity contribution in [2.24, 2.45) is 0 Å². The van der Waals surface area contributed by atoms with Gasteiger partial charge < -0.3 is 14.8 Å². The average molecular weight is 432 g/mol. The van der Waals surface area contributed by atoms with Gasteiger partial charge in [0.1, 0.15) is 11.5 Å². The predicted octanol–water partition coefficient (Wildman–Crippen LogP) is 6.65. The van der Waals surface area contributed by atoms with Crippen LogP contribution in [-0.2, 0) is 10.3 Å². The standard InChI is InChI=1S/C26H22ClNO3/c27-16-10-13-23-22(14-16)26(20-9-5-4-8-19(20)25(29)31-26)21-12-11-18(15-24(21)30-23)28-17-6-2-1-3-7-17/h4-5,8-15,17,28H,1-3,6-7H2. The maximum Gasteiger partial charge on any atom is 0.340 e. The van der Waals surface area contributed by atoms with Crippen molar-refractivity contribution in [3.63, 3.8) is 0 Å². The van der Waals surface area contributed by atoms with Crippen molar-refractivity contribution in [1.82, 2.24) is 0 Å². The minimum absolute atomic E-state index is 0.334. The fraction of sp³-hybridized carbons (Fsp3) is 0.269. The highest BCUT2D eigenvalue weighted by atomic mass is 35.5. The second-order valence-electron chi connectivity index (χ2n) is 8.55. The van der Waals surface area contributed by atoms with Crippen molar-refractivity contribution in [1.29, 1.82) is 0 Å². The number of halogens is 1. The van der Waals surface area contributed by atoms with Gasteiger partial charge in [0.05, 0.1) is 5.56 Å². The lowest BCUT2D eigenvalue weighted by molar-refractivity contribution is 0.0224. The highest BCUT2D eigenvalue weighted by Gasteiger charge is 2.53. The van der Waals surface area contributed by atoms with Crippen LogP contribution in [0.25, 0.3) is 0 Å². The summed E-state index contributed by atoms with van der Waals surface area (Å²) >= 11 is 6.36.